The van der Waals surface area contributed by atoms with Crippen LogP contribution >= 0.6 is 0 Å². The average Bonchev–Trinajstić information content (AvgIpc) is 3.87. The molecule has 6 rings (SSSR count). The molecule has 2 aliphatic rings. The van der Waals surface area contributed by atoms with Crippen molar-refractivity contribution in [1.82, 2.24) is 19.8 Å². The molecule has 19 heteroatoms. The van der Waals surface area contributed by atoms with Crippen LogP contribution < -0.4 is 36.5 Å². The van der Waals surface area contributed by atoms with Crippen LogP contribution in [0.5, 0.6) is 23.0 Å². The van der Waals surface area contributed by atoms with Crippen molar-refractivity contribution in [1.29, 1.82) is 0 Å². The third-order valence-electron chi connectivity index (χ3n) is 9.31. The summed E-state index contributed by atoms with van der Waals surface area (Å²) in [4.78, 5) is 47.5. The molecule has 0 aliphatic carbocycles. The molecule has 2 saturated heterocycles. The molecule has 4 heterocycles. The second-order valence-corrected chi connectivity index (χ2v) is 13.1. The number of amides is 2. The van der Waals surface area contributed by atoms with Crippen LogP contribution in [0.4, 0.5) is 34.4 Å². The molecule has 2 aliphatic heterocycles. The summed E-state index contributed by atoms with van der Waals surface area (Å²) in [6.45, 7) is 2.11. The molecule has 58 heavy (non-hydrogen) atoms. The Morgan fingerprint density at radius 1 is 0.759 bits per heavy atom. The predicted molar refractivity (Wildman–Crippen MR) is 220 cm³/mol. The number of nitrogens with zero attached hydrogens (tertiary/aromatic N) is 5. The number of carbonyl (C=O) groups is 2. The van der Waals surface area contributed by atoms with E-state index in [1.165, 1.54) is 12.3 Å². The molecule has 4 aromatic rings. The zero-order chi connectivity index (χ0) is 42.0. The highest BCUT2D eigenvalue weighted by molar-refractivity contribution is 5.92. The largest absolute Gasteiger partial charge is 0.457 e. The number of nitrogens with two attached hydrogens (primary N) is 1. The number of nitrogens with one attached hydrogen (secondary N) is 4. The maximum atomic E-state index is 12.3. The summed E-state index contributed by atoms with van der Waals surface area (Å²) >= 11 is 0. The fraction of sp³-hybridized carbons (Fsp3) is 0.385. The van der Waals surface area contributed by atoms with Crippen molar-refractivity contribution >= 4 is 46.2 Å². The van der Waals surface area contributed by atoms with Gasteiger partial charge in [-0.2, -0.15) is 0 Å². The van der Waals surface area contributed by atoms with Crippen molar-refractivity contribution in [2.45, 2.75) is 37.8 Å². The number of nitrogen functional groups attached to an aromatic ring is 1. The normalized spacial score (nSPS) is 16.2. The van der Waals surface area contributed by atoms with Gasteiger partial charge in [-0.25, -0.2) is 9.97 Å². The molecule has 0 radical (unpaired) electrons. The minimum absolute atomic E-state index is 0.0137. The number of aliphatic hydroxyl groups is 3. The van der Waals surface area contributed by atoms with Crippen LogP contribution in [0.25, 0.3) is 0 Å². The van der Waals surface area contributed by atoms with Crippen molar-refractivity contribution in [3.8, 4) is 23.0 Å². The summed E-state index contributed by atoms with van der Waals surface area (Å²) < 4.78 is 11.5. The molecule has 2 atom stereocenters. The van der Waals surface area contributed by atoms with Gasteiger partial charge in [0, 0.05) is 63.9 Å². The number of aliphatic hydroxyl groups excluding tert-OH is 3. The Morgan fingerprint density at radius 3 is 1.64 bits per heavy atom. The maximum Gasteiger partial charge on any atom is 0.296 e. The SMILES string of the molecule is CNc1ccc(Oc2ccnc(NC(=O)CN3CCC[C@H]3CO)c2)cc1N.CNc1ccc(Oc2ccnc(NC(=O)CN3CCC[C@H]3CO)c2)cc1[N+](=O)[O-].CO. The number of nitro groups is 1. The Morgan fingerprint density at radius 2 is 1.21 bits per heavy atom. The van der Waals surface area contributed by atoms with Crippen LogP contribution in [0.2, 0.25) is 0 Å². The summed E-state index contributed by atoms with van der Waals surface area (Å²) in [5.74, 6) is 2.15. The first kappa shape index (κ1) is 44.6. The van der Waals surface area contributed by atoms with Crippen molar-refractivity contribution in [2.75, 3.05) is 87.6 Å². The second kappa shape index (κ2) is 22.6. The van der Waals surface area contributed by atoms with Gasteiger partial charge >= 0.3 is 0 Å². The summed E-state index contributed by atoms with van der Waals surface area (Å²) in [6, 6.07) is 16.5. The Hall–Kier alpha value is -6.12. The van der Waals surface area contributed by atoms with Gasteiger partial charge in [-0.05, 0) is 75.2 Å². The van der Waals surface area contributed by atoms with Gasteiger partial charge in [-0.1, -0.05) is 0 Å². The Kier molecular flexibility index (Phi) is 17.4. The molecule has 19 nitrogen and oxygen atoms in total. The van der Waals surface area contributed by atoms with Crippen molar-refractivity contribution in [2.24, 2.45) is 0 Å². The molecule has 2 aromatic heterocycles. The fourth-order valence-electron chi connectivity index (χ4n) is 6.48. The molecule has 312 valence electrons. The highest BCUT2D eigenvalue weighted by Gasteiger charge is 2.26. The van der Waals surface area contributed by atoms with Gasteiger partial charge in [0.15, 0.2) is 0 Å². The lowest BCUT2D eigenvalue weighted by Crippen LogP contribution is -2.38. The van der Waals surface area contributed by atoms with E-state index in [-0.39, 0.29) is 55.9 Å². The van der Waals surface area contributed by atoms with Crippen molar-refractivity contribution in [3.05, 3.63) is 83.2 Å². The van der Waals surface area contributed by atoms with Gasteiger partial charge < -0.3 is 51.8 Å². The highest BCUT2D eigenvalue weighted by atomic mass is 16.6. The smallest absolute Gasteiger partial charge is 0.296 e. The minimum Gasteiger partial charge on any atom is -0.457 e. The van der Waals surface area contributed by atoms with Crippen LogP contribution in [-0.2, 0) is 9.59 Å². The zero-order valence-electron chi connectivity index (χ0n) is 32.8. The van der Waals surface area contributed by atoms with Crippen molar-refractivity contribution < 1.29 is 39.3 Å². The van der Waals surface area contributed by atoms with E-state index >= 15 is 0 Å². The molecule has 9 N–H and O–H groups in total. The predicted octanol–water partition coefficient (Wildman–Crippen LogP) is 3.72. The third kappa shape index (κ3) is 13.0. The van der Waals surface area contributed by atoms with Crippen LogP contribution in [0.3, 0.4) is 0 Å². The van der Waals surface area contributed by atoms with Gasteiger partial charge in [0.05, 0.1) is 48.7 Å². The Bertz CT molecular complexity index is 1970. The van der Waals surface area contributed by atoms with Crippen LogP contribution in [0, 0.1) is 10.1 Å². The van der Waals surface area contributed by atoms with Crippen molar-refractivity contribution in [3.63, 3.8) is 0 Å². The minimum atomic E-state index is -0.491. The van der Waals surface area contributed by atoms with E-state index in [4.69, 9.17) is 20.3 Å². The number of ether oxygens (including phenoxy) is 2. The van der Waals surface area contributed by atoms with Crippen LogP contribution in [0.1, 0.15) is 25.7 Å². The molecule has 0 bridgehead atoms. The van der Waals surface area contributed by atoms with Gasteiger partial charge in [-0.15, -0.1) is 0 Å². The lowest BCUT2D eigenvalue weighted by Gasteiger charge is -2.21. The standard InChI is InChI=1S/C19H23N5O5.C19H25N5O3.CH4O/c1-20-16-5-4-14(9-17(16)24(27)28)29-15-6-7-21-18(10-15)22-19(26)11-23-8-2-3-13(23)12-25;1-21-17-5-4-14(9-16(17)20)27-15-6-7-22-18(10-15)23-19(26)11-24-8-2-3-13(24)12-25;1-2/h4-7,9-10,13,20,25H,2-3,8,11-12H2,1H3,(H,21,22,26);4-7,9-10,13,21,25H,2-3,8,11-12,20H2,1H3,(H,22,23,26);2H,1H3/t2*13-;/m00./s1. The van der Waals surface area contributed by atoms with Gasteiger partial charge in [0.25, 0.3) is 5.69 Å². The summed E-state index contributed by atoms with van der Waals surface area (Å²) in [5.41, 5.74) is 7.64. The number of rotatable bonds is 15. The molecule has 2 aromatic carbocycles. The first-order valence-corrected chi connectivity index (χ1v) is 18.6. The molecule has 0 spiro atoms. The first-order valence-electron chi connectivity index (χ1n) is 18.6. The Balaban J connectivity index is 0.000000247. The summed E-state index contributed by atoms with van der Waals surface area (Å²) in [6.07, 6.45) is 6.80. The fourth-order valence-corrected chi connectivity index (χ4v) is 6.48. The van der Waals surface area contributed by atoms with Gasteiger partial charge in [-0.3, -0.25) is 29.5 Å². The topological polar surface area (TPSA) is 263 Å². The highest BCUT2D eigenvalue weighted by Crippen LogP contribution is 2.32. The van der Waals surface area contributed by atoms with Crippen LogP contribution in [0.15, 0.2) is 73.1 Å². The number of likely N-dealkylation sites (tertiary alicyclic amines) is 2. The summed E-state index contributed by atoms with van der Waals surface area (Å²) in [7, 11) is 4.40. The van der Waals surface area contributed by atoms with E-state index in [1.807, 2.05) is 21.9 Å². The molecular weight excluding hydrogens is 752 g/mol. The number of pyridine rings is 2. The molecule has 0 saturated carbocycles. The van der Waals surface area contributed by atoms with E-state index in [9.17, 15) is 29.9 Å². The summed E-state index contributed by atoms with van der Waals surface area (Å²) in [5, 5.41) is 48.1. The second-order valence-electron chi connectivity index (χ2n) is 13.1. The van der Waals surface area contributed by atoms with E-state index in [0.717, 1.165) is 51.6 Å². The number of nitro benzene ring substituents is 1. The monoisotopic (exact) mass is 804 g/mol. The number of hydrogen-bond donors (Lipinski definition) is 8. The molecule has 2 fully saturated rings. The van der Waals surface area contributed by atoms with E-state index < -0.39 is 4.92 Å². The molecule has 0 unspecified atom stereocenters. The lowest BCUT2D eigenvalue weighted by atomic mass is 10.2. The Labute approximate surface area is 336 Å². The average molecular weight is 805 g/mol. The number of carbonyl (C=O) groups excluding carboxylic acids is 2. The van der Waals surface area contributed by atoms with E-state index in [1.54, 1.807) is 62.8 Å². The van der Waals surface area contributed by atoms with Gasteiger partial charge in [0.2, 0.25) is 11.8 Å². The molecule has 2 amide bonds. The van der Waals surface area contributed by atoms with Crippen LogP contribution in [-0.4, -0.2) is 125 Å². The number of benzene rings is 2. The maximum absolute atomic E-state index is 12.3. The van der Waals surface area contributed by atoms with E-state index in [2.05, 4.69) is 31.2 Å². The number of aromatic nitrogens is 2. The zero-order valence-corrected chi connectivity index (χ0v) is 32.8. The third-order valence-corrected chi connectivity index (χ3v) is 9.31. The van der Waals surface area contributed by atoms with Gasteiger partial charge in [0.1, 0.15) is 40.3 Å². The first-order chi connectivity index (χ1) is 28.1. The quantitative estimate of drug-likeness (QED) is 0.0484. The number of anilines is 5. The lowest BCUT2D eigenvalue weighted by molar-refractivity contribution is -0.384. The molecular formula is C39H52N10O9. The van der Waals surface area contributed by atoms with E-state index in [0.29, 0.717) is 46.0 Å². The number of hydrogen-bond acceptors (Lipinski definition) is 16.